The lowest BCUT2D eigenvalue weighted by atomic mass is 9.87. The maximum Gasteiger partial charge on any atom is 0.340 e. The molecule has 0 radical (unpaired) electrons. The van der Waals surface area contributed by atoms with Gasteiger partial charge in [0.25, 0.3) is 5.91 Å². The average molecular weight is 423 g/mol. The summed E-state index contributed by atoms with van der Waals surface area (Å²) >= 11 is 0. The molecule has 0 bridgehead atoms. The van der Waals surface area contributed by atoms with Crippen LogP contribution in [0.1, 0.15) is 48.1 Å². The third-order valence-electron chi connectivity index (χ3n) is 5.10. The van der Waals surface area contributed by atoms with E-state index in [1.54, 1.807) is 25.1 Å². The molecule has 0 saturated heterocycles. The summed E-state index contributed by atoms with van der Waals surface area (Å²) < 4.78 is 20.3. The van der Waals surface area contributed by atoms with Gasteiger partial charge in [0.05, 0.1) is 5.56 Å². The van der Waals surface area contributed by atoms with Gasteiger partial charge in [-0.15, -0.1) is 0 Å². The van der Waals surface area contributed by atoms with Crippen LogP contribution in [0.15, 0.2) is 54.6 Å². The molecule has 162 valence electrons. The number of anilines is 1. The minimum absolute atomic E-state index is 0.0262. The number of halogens is 1. The highest BCUT2D eigenvalue weighted by Gasteiger charge is 2.19. The largest absolute Gasteiger partial charge is 0.452 e. The van der Waals surface area contributed by atoms with Gasteiger partial charge in [0, 0.05) is 22.8 Å². The maximum atomic E-state index is 13.2. The second-order valence-corrected chi connectivity index (χ2v) is 8.55. The van der Waals surface area contributed by atoms with Crippen LogP contribution in [0.3, 0.4) is 0 Å². The highest BCUT2D eigenvalue weighted by molar-refractivity contribution is 5.96. The summed E-state index contributed by atoms with van der Waals surface area (Å²) in [4.78, 5) is 24.8. The number of hydrogen-bond acceptors (Lipinski definition) is 3. The predicted molar refractivity (Wildman–Crippen MR) is 119 cm³/mol. The molecule has 1 heterocycles. The molecule has 3 aromatic rings. The highest BCUT2D eigenvalue weighted by Crippen LogP contribution is 2.24. The molecule has 5 nitrogen and oxygen atoms in total. The van der Waals surface area contributed by atoms with Gasteiger partial charge in [-0.2, -0.15) is 0 Å². The smallest absolute Gasteiger partial charge is 0.340 e. The zero-order chi connectivity index (χ0) is 22.8. The maximum absolute atomic E-state index is 13.2. The fourth-order valence-corrected chi connectivity index (χ4v) is 3.42. The third kappa shape index (κ3) is 5.20. The number of aromatic nitrogens is 1. The Hall–Kier alpha value is -3.41. The minimum atomic E-state index is -0.584. The van der Waals surface area contributed by atoms with E-state index >= 15 is 0 Å². The normalized spacial score (nSPS) is 11.3. The van der Waals surface area contributed by atoms with Crippen molar-refractivity contribution in [2.45, 2.75) is 40.0 Å². The number of nitrogens with one attached hydrogen (secondary N) is 1. The van der Waals surface area contributed by atoms with Crippen molar-refractivity contribution < 1.29 is 18.7 Å². The van der Waals surface area contributed by atoms with Crippen LogP contribution in [0.5, 0.6) is 0 Å². The van der Waals surface area contributed by atoms with Crippen molar-refractivity contribution in [3.05, 3.63) is 82.9 Å². The van der Waals surface area contributed by atoms with Gasteiger partial charge in [0.1, 0.15) is 5.82 Å². The molecule has 0 unspecified atom stereocenters. The molecule has 1 amide bonds. The Morgan fingerprint density at radius 3 is 2.19 bits per heavy atom. The van der Waals surface area contributed by atoms with Gasteiger partial charge in [0.15, 0.2) is 6.61 Å². The Morgan fingerprint density at radius 2 is 1.61 bits per heavy atom. The number of aryl methyl sites for hydroxylation is 1. The lowest BCUT2D eigenvalue weighted by Crippen LogP contribution is -2.21. The van der Waals surface area contributed by atoms with Crippen molar-refractivity contribution in [2.24, 2.45) is 0 Å². The van der Waals surface area contributed by atoms with Crippen LogP contribution in [-0.2, 0) is 14.9 Å². The van der Waals surface area contributed by atoms with Crippen LogP contribution in [-0.4, -0.2) is 23.1 Å². The average Bonchev–Trinajstić information content (AvgIpc) is 3.01. The molecule has 0 aliphatic rings. The molecule has 1 aromatic heterocycles. The summed E-state index contributed by atoms with van der Waals surface area (Å²) in [7, 11) is 0. The molecular weight excluding hydrogens is 395 g/mol. The van der Waals surface area contributed by atoms with E-state index in [1.165, 1.54) is 12.1 Å². The number of rotatable bonds is 5. The van der Waals surface area contributed by atoms with E-state index in [-0.39, 0.29) is 17.8 Å². The number of benzene rings is 2. The number of ether oxygens (including phenoxy) is 1. The number of amides is 1. The van der Waals surface area contributed by atoms with E-state index in [2.05, 4.69) is 26.1 Å². The fourth-order valence-electron chi connectivity index (χ4n) is 3.42. The van der Waals surface area contributed by atoms with E-state index in [0.29, 0.717) is 16.9 Å². The lowest BCUT2D eigenvalue weighted by Gasteiger charge is -2.19. The van der Waals surface area contributed by atoms with Crippen molar-refractivity contribution in [2.75, 3.05) is 11.9 Å². The van der Waals surface area contributed by atoms with Crippen molar-refractivity contribution in [3.8, 4) is 5.69 Å². The SMILES string of the molecule is Cc1cc(C(=O)OCC(=O)Nc2ccc(C(C)(C)C)cc2)c(C)n1-c1ccc(F)cc1. The van der Waals surface area contributed by atoms with Crippen LogP contribution in [0.2, 0.25) is 0 Å². The molecular formula is C25H27FN2O3. The zero-order valence-corrected chi connectivity index (χ0v) is 18.5. The van der Waals surface area contributed by atoms with Gasteiger partial charge < -0.3 is 14.6 Å². The predicted octanol–water partition coefficient (Wildman–Crippen LogP) is 5.33. The first-order chi connectivity index (χ1) is 14.6. The molecule has 0 spiro atoms. The molecule has 0 fully saturated rings. The van der Waals surface area contributed by atoms with Gasteiger partial charge in [0.2, 0.25) is 0 Å². The minimum Gasteiger partial charge on any atom is -0.452 e. The molecule has 2 aromatic carbocycles. The number of hydrogen-bond donors (Lipinski definition) is 1. The summed E-state index contributed by atoms with van der Waals surface area (Å²) in [5.41, 5.74) is 4.40. The van der Waals surface area contributed by atoms with Crippen LogP contribution in [0.4, 0.5) is 10.1 Å². The monoisotopic (exact) mass is 422 g/mol. The van der Waals surface area contributed by atoms with Crippen LogP contribution in [0.25, 0.3) is 5.69 Å². The summed E-state index contributed by atoms with van der Waals surface area (Å²) in [6.07, 6.45) is 0. The highest BCUT2D eigenvalue weighted by atomic mass is 19.1. The van der Waals surface area contributed by atoms with E-state index < -0.39 is 11.9 Å². The first kappa shape index (κ1) is 22.3. The van der Waals surface area contributed by atoms with E-state index in [1.807, 2.05) is 35.8 Å². The molecule has 31 heavy (non-hydrogen) atoms. The van der Waals surface area contributed by atoms with Gasteiger partial charge in [-0.3, -0.25) is 4.79 Å². The molecule has 3 rings (SSSR count). The zero-order valence-electron chi connectivity index (χ0n) is 18.5. The number of esters is 1. The van der Waals surface area contributed by atoms with E-state index in [4.69, 9.17) is 4.74 Å². The Kier molecular flexibility index (Phi) is 6.29. The van der Waals surface area contributed by atoms with Gasteiger partial charge >= 0.3 is 5.97 Å². The lowest BCUT2D eigenvalue weighted by molar-refractivity contribution is -0.119. The Morgan fingerprint density at radius 1 is 1.00 bits per heavy atom. The molecule has 0 aliphatic carbocycles. The molecule has 0 aliphatic heterocycles. The molecule has 0 atom stereocenters. The van der Waals surface area contributed by atoms with Gasteiger partial charge in [-0.25, -0.2) is 9.18 Å². The van der Waals surface area contributed by atoms with Crippen LogP contribution >= 0.6 is 0 Å². The molecule has 0 saturated carbocycles. The first-order valence-electron chi connectivity index (χ1n) is 10.1. The summed E-state index contributed by atoms with van der Waals surface area (Å²) in [6, 6.07) is 15.3. The van der Waals surface area contributed by atoms with Gasteiger partial charge in [-0.05, 0) is 67.3 Å². The Balaban J connectivity index is 1.64. The van der Waals surface area contributed by atoms with Crippen LogP contribution < -0.4 is 5.32 Å². The first-order valence-corrected chi connectivity index (χ1v) is 10.1. The number of carbonyl (C=O) groups is 2. The summed E-state index contributed by atoms with van der Waals surface area (Å²) in [5.74, 6) is -1.33. The molecule has 1 N–H and O–H groups in total. The Bertz CT molecular complexity index is 1090. The second kappa shape index (κ2) is 8.76. The van der Waals surface area contributed by atoms with E-state index in [9.17, 15) is 14.0 Å². The van der Waals surface area contributed by atoms with Crippen molar-refractivity contribution in [3.63, 3.8) is 0 Å². The topological polar surface area (TPSA) is 60.3 Å². The van der Waals surface area contributed by atoms with Crippen molar-refractivity contribution in [1.82, 2.24) is 4.57 Å². The number of nitrogens with zero attached hydrogens (tertiary/aromatic N) is 1. The third-order valence-corrected chi connectivity index (χ3v) is 5.10. The summed E-state index contributed by atoms with van der Waals surface area (Å²) in [6.45, 7) is 9.60. The standard InChI is InChI=1S/C25H27FN2O3/c1-16-14-22(17(2)28(16)21-12-8-19(26)9-13-21)24(30)31-15-23(29)27-20-10-6-18(7-11-20)25(3,4)5/h6-14H,15H2,1-5H3,(H,27,29). The second-order valence-electron chi connectivity index (χ2n) is 8.55. The summed E-state index contributed by atoms with van der Waals surface area (Å²) in [5, 5.41) is 2.73. The Labute approximate surface area is 181 Å². The quantitative estimate of drug-likeness (QED) is 0.566. The van der Waals surface area contributed by atoms with Crippen molar-refractivity contribution in [1.29, 1.82) is 0 Å². The van der Waals surface area contributed by atoms with Crippen molar-refractivity contribution >= 4 is 17.6 Å². The van der Waals surface area contributed by atoms with Gasteiger partial charge in [-0.1, -0.05) is 32.9 Å². The fraction of sp³-hybridized carbons (Fsp3) is 0.280. The van der Waals surface area contributed by atoms with Crippen LogP contribution in [0, 0.1) is 19.7 Å². The number of carbonyl (C=O) groups excluding carboxylic acids is 2. The molecule has 6 heteroatoms. The van der Waals surface area contributed by atoms with E-state index in [0.717, 1.165) is 16.9 Å².